The van der Waals surface area contributed by atoms with E-state index >= 15 is 0 Å². The first kappa shape index (κ1) is 37.4. The van der Waals surface area contributed by atoms with Crippen LogP contribution in [0.1, 0.15) is 45.9 Å². The molecule has 2 aliphatic rings. The van der Waals surface area contributed by atoms with Crippen LogP contribution in [0.2, 0.25) is 0 Å². The Hall–Kier alpha value is -8.20. The average Bonchev–Trinajstić information content (AvgIpc) is 3.99. The van der Waals surface area contributed by atoms with Crippen molar-refractivity contribution in [3.8, 4) is 33.4 Å². The minimum atomic E-state index is -0.544. The zero-order chi connectivity index (χ0) is 43.1. The van der Waals surface area contributed by atoms with Crippen molar-refractivity contribution >= 4 is 39.0 Å². The molecular formula is C63H43NO. The molecule has 0 amide bonds. The van der Waals surface area contributed by atoms with Crippen LogP contribution in [-0.2, 0) is 10.8 Å². The molecule has 0 fully saturated rings. The summed E-state index contributed by atoms with van der Waals surface area (Å²) in [6, 6.07) is 89.2. The normalized spacial score (nSPS) is 15.3. The number of hydrogen-bond donors (Lipinski definition) is 0. The van der Waals surface area contributed by atoms with Crippen molar-refractivity contribution < 1.29 is 4.42 Å². The lowest BCUT2D eigenvalue weighted by atomic mass is 9.67. The molecule has 1 unspecified atom stereocenters. The molecule has 0 N–H and O–H groups in total. The summed E-state index contributed by atoms with van der Waals surface area (Å²) in [4.78, 5) is 2.45. The van der Waals surface area contributed by atoms with Gasteiger partial charge in [-0.15, -0.1) is 0 Å². The molecule has 2 nitrogen and oxygen atoms in total. The molecule has 0 radical (unpaired) electrons. The van der Waals surface area contributed by atoms with Gasteiger partial charge in [-0.1, -0.05) is 194 Å². The van der Waals surface area contributed by atoms with E-state index in [0.29, 0.717) is 0 Å². The number of anilines is 3. The quantitative estimate of drug-likeness (QED) is 0.159. The highest BCUT2D eigenvalue weighted by molar-refractivity contribution is 6.06. The number of para-hydroxylation sites is 1. The molecule has 306 valence electrons. The summed E-state index contributed by atoms with van der Waals surface area (Å²) >= 11 is 0. The van der Waals surface area contributed by atoms with Crippen LogP contribution >= 0.6 is 0 Å². The van der Waals surface area contributed by atoms with Gasteiger partial charge in [0.1, 0.15) is 11.2 Å². The first-order chi connectivity index (χ1) is 32.1. The van der Waals surface area contributed by atoms with E-state index in [9.17, 15) is 0 Å². The summed E-state index contributed by atoms with van der Waals surface area (Å²) in [5.41, 5.74) is 20.4. The van der Waals surface area contributed by atoms with Gasteiger partial charge in [-0.25, -0.2) is 0 Å². The van der Waals surface area contributed by atoms with Crippen molar-refractivity contribution in [1.29, 1.82) is 0 Å². The summed E-state index contributed by atoms with van der Waals surface area (Å²) in [6.45, 7) is 2.41. The molecule has 2 aliphatic carbocycles. The molecule has 1 atom stereocenters. The van der Waals surface area contributed by atoms with Crippen molar-refractivity contribution in [1.82, 2.24) is 0 Å². The molecular weight excluding hydrogens is 787 g/mol. The van der Waals surface area contributed by atoms with E-state index < -0.39 is 10.8 Å². The first-order valence-corrected chi connectivity index (χ1v) is 22.6. The topological polar surface area (TPSA) is 16.4 Å². The predicted octanol–water partition coefficient (Wildman–Crippen LogP) is 16.4. The summed E-state index contributed by atoms with van der Waals surface area (Å²) in [6.07, 6.45) is 0. The Bertz CT molecular complexity index is 3570. The Kier molecular flexibility index (Phi) is 8.29. The number of hydrogen-bond acceptors (Lipinski definition) is 2. The van der Waals surface area contributed by atoms with Crippen molar-refractivity contribution in [2.75, 3.05) is 4.90 Å². The maximum atomic E-state index is 6.62. The maximum absolute atomic E-state index is 6.62. The fourth-order valence-corrected chi connectivity index (χ4v) is 11.5. The van der Waals surface area contributed by atoms with Gasteiger partial charge in [-0.2, -0.15) is 0 Å². The van der Waals surface area contributed by atoms with Crippen LogP contribution < -0.4 is 4.90 Å². The van der Waals surface area contributed by atoms with E-state index in [1.54, 1.807) is 0 Å². The fraction of sp³-hybridized carbons (Fsp3) is 0.0476. The minimum Gasteiger partial charge on any atom is -0.456 e. The Morgan fingerprint density at radius 2 is 0.846 bits per heavy atom. The van der Waals surface area contributed by atoms with Gasteiger partial charge in [0.25, 0.3) is 0 Å². The summed E-state index contributed by atoms with van der Waals surface area (Å²) < 4.78 is 6.62. The Morgan fingerprint density at radius 1 is 0.338 bits per heavy atom. The second-order valence-electron chi connectivity index (χ2n) is 17.7. The summed E-state index contributed by atoms with van der Waals surface area (Å²) in [5.74, 6) is 0. The van der Waals surface area contributed by atoms with Gasteiger partial charge in [-0.3, -0.25) is 0 Å². The van der Waals surface area contributed by atoms with Gasteiger partial charge in [0, 0.05) is 39.3 Å². The van der Waals surface area contributed by atoms with Crippen molar-refractivity contribution in [2.45, 2.75) is 17.8 Å². The van der Waals surface area contributed by atoms with Gasteiger partial charge in [-0.05, 0) is 122 Å². The monoisotopic (exact) mass is 829 g/mol. The zero-order valence-electron chi connectivity index (χ0n) is 35.9. The van der Waals surface area contributed by atoms with E-state index in [0.717, 1.165) is 39.0 Å². The third kappa shape index (κ3) is 5.41. The largest absolute Gasteiger partial charge is 0.456 e. The van der Waals surface area contributed by atoms with Crippen molar-refractivity contribution in [3.05, 3.63) is 282 Å². The van der Waals surface area contributed by atoms with Gasteiger partial charge < -0.3 is 9.32 Å². The number of nitrogens with zero attached hydrogens (tertiary/aromatic N) is 1. The molecule has 1 aromatic heterocycles. The molecule has 0 saturated heterocycles. The fourth-order valence-electron chi connectivity index (χ4n) is 11.5. The average molecular weight is 830 g/mol. The first-order valence-electron chi connectivity index (χ1n) is 22.6. The van der Waals surface area contributed by atoms with E-state index in [2.05, 4.69) is 248 Å². The predicted molar refractivity (Wildman–Crippen MR) is 269 cm³/mol. The minimum absolute atomic E-state index is 0.420. The number of furan rings is 1. The van der Waals surface area contributed by atoms with Gasteiger partial charge in [0.15, 0.2) is 0 Å². The highest BCUT2D eigenvalue weighted by Crippen LogP contribution is 2.59. The second-order valence-corrected chi connectivity index (χ2v) is 17.7. The lowest BCUT2D eigenvalue weighted by Gasteiger charge is -2.35. The molecule has 10 aromatic carbocycles. The van der Waals surface area contributed by atoms with Crippen LogP contribution in [0.25, 0.3) is 55.3 Å². The number of fused-ring (bicyclic) bond motifs is 9. The molecule has 0 bridgehead atoms. The van der Waals surface area contributed by atoms with Crippen LogP contribution in [0.3, 0.4) is 0 Å². The Morgan fingerprint density at radius 3 is 1.57 bits per heavy atom. The standard InChI is InChI=1S/C63H43NO/c1-62(43-21-8-3-9-22-43)56-31-18-29-49(42-19-6-2-7-20-42)61(56)54-38-35-46(39-57(54)62)64(48-34-37-53-52-28-15-17-32-59(52)65-60(53)41-48)47-33-36-51-50-27-14-16-30-55(50)63(58(51)40-47,44-23-10-4-11-24-44)45-25-12-5-13-26-45/h2-41H,1H3. The molecule has 0 aliphatic heterocycles. The van der Waals surface area contributed by atoms with Crippen LogP contribution in [0.5, 0.6) is 0 Å². The van der Waals surface area contributed by atoms with Crippen LogP contribution in [0.15, 0.2) is 247 Å². The van der Waals surface area contributed by atoms with Crippen LogP contribution in [0, 0.1) is 0 Å². The Labute approximate surface area is 379 Å². The molecule has 0 saturated carbocycles. The molecule has 0 spiro atoms. The second kappa shape index (κ2) is 14.4. The van der Waals surface area contributed by atoms with E-state index in [1.165, 1.54) is 72.3 Å². The number of rotatable bonds is 7. The molecule has 1 heterocycles. The molecule has 2 heteroatoms. The van der Waals surface area contributed by atoms with Crippen LogP contribution in [-0.4, -0.2) is 0 Å². The summed E-state index contributed by atoms with van der Waals surface area (Å²) in [5, 5.41) is 2.23. The van der Waals surface area contributed by atoms with Crippen molar-refractivity contribution in [3.63, 3.8) is 0 Å². The molecule has 13 rings (SSSR count). The van der Waals surface area contributed by atoms with Gasteiger partial charge in [0.2, 0.25) is 0 Å². The zero-order valence-corrected chi connectivity index (χ0v) is 35.9. The van der Waals surface area contributed by atoms with E-state index in [-0.39, 0.29) is 0 Å². The smallest absolute Gasteiger partial charge is 0.137 e. The number of benzene rings is 10. The van der Waals surface area contributed by atoms with Gasteiger partial charge >= 0.3 is 0 Å². The highest BCUT2D eigenvalue weighted by Gasteiger charge is 2.47. The third-order valence-corrected chi connectivity index (χ3v) is 14.4. The molecule has 11 aromatic rings. The SMILES string of the molecule is CC1(c2ccccc2)c2cc(N(c3ccc4c(c3)C(c3ccccc3)(c3ccccc3)c3ccccc3-4)c3ccc4c(c3)oc3ccccc34)ccc2-c2c(-c3ccccc3)cccc21. The Balaban J connectivity index is 1.08. The maximum Gasteiger partial charge on any atom is 0.137 e. The highest BCUT2D eigenvalue weighted by atomic mass is 16.3. The van der Waals surface area contributed by atoms with E-state index in [4.69, 9.17) is 4.42 Å². The van der Waals surface area contributed by atoms with Crippen LogP contribution in [0.4, 0.5) is 17.1 Å². The van der Waals surface area contributed by atoms with Crippen molar-refractivity contribution in [2.24, 2.45) is 0 Å². The van der Waals surface area contributed by atoms with Gasteiger partial charge in [0.05, 0.1) is 5.41 Å². The molecule has 65 heavy (non-hydrogen) atoms. The van der Waals surface area contributed by atoms with E-state index in [1.807, 2.05) is 6.07 Å². The lowest BCUT2D eigenvalue weighted by Crippen LogP contribution is -2.28. The lowest BCUT2D eigenvalue weighted by molar-refractivity contribution is 0.669. The third-order valence-electron chi connectivity index (χ3n) is 14.4. The summed E-state index contributed by atoms with van der Waals surface area (Å²) in [7, 11) is 0.